The van der Waals surface area contributed by atoms with Crippen LogP contribution in [-0.4, -0.2) is 18.6 Å². The van der Waals surface area contributed by atoms with Gasteiger partial charge in [-0.05, 0) is 53.6 Å². The molecule has 0 amide bonds. The zero-order chi connectivity index (χ0) is 15.7. The molecule has 3 heterocycles. The summed E-state index contributed by atoms with van der Waals surface area (Å²) < 4.78 is 22.1. The molecule has 5 heteroatoms. The second-order valence-corrected chi connectivity index (χ2v) is 6.24. The second kappa shape index (κ2) is 4.32. The Labute approximate surface area is 137 Å². The summed E-state index contributed by atoms with van der Waals surface area (Å²) >= 11 is 0. The Morgan fingerprint density at radius 3 is 2.29 bits per heavy atom. The van der Waals surface area contributed by atoms with Crippen LogP contribution in [0.5, 0.6) is 23.0 Å². The van der Waals surface area contributed by atoms with Gasteiger partial charge in [0.1, 0.15) is 0 Å². The molecule has 118 valence electrons. The fourth-order valence-electron chi connectivity index (χ4n) is 3.82. The molecule has 0 N–H and O–H groups in total. The van der Waals surface area contributed by atoms with Gasteiger partial charge in [0.25, 0.3) is 0 Å². The number of ether oxygens (including phenoxy) is 4. The highest BCUT2D eigenvalue weighted by molar-refractivity contribution is 5.93. The Kier molecular flexibility index (Phi) is 2.24. The van der Waals surface area contributed by atoms with E-state index in [1.165, 1.54) is 16.5 Å². The van der Waals surface area contributed by atoms with Gasteiger partial charge >= 0.3 is 0 Å². The summed E-state index contributed by atoms with van der Waals surface area (Å²) in [7, 11) is 0. The van der Waals surface area contributed by atoms with Crippen molar-refractivity contribution in [1.82, 2.24) is 4.98 Å². The molecule has 0 radical (unpaired) electrons. The second-order valence-electron chi connectivity index (χ2n) is 6.24. The van der Waals surface area contributed by atoms with Crippen LogP contribution in [0, 0.1) is 0 Å². The average molecular weight is 319 g/mol. The Morgan fingerprint density at radius 2 is 1.46 bits per heavy atom. The number of hydrogen-bond donors (Lipinski definition) is 0. The van der Waals surface area contributed by atoms with Crippen LogP contribution in [0.25, 0.3) is 22.0 Å². The minimum atomic E-state index is 0.285. The SMILES string of the molecule is c1c2c(cc3c1OCO3)-c1ncc3cc4c(cc3c1CC2)OCO4. The van der Waals surface area contributed by atoms with Crippen LogP contribution >= 0.6 is 0 Å². The van der Waals surface area contributed by atoms with Gasteiger partial charge in [0, 0.05) is 17.1 Å². The fourth-order valence-corrected chi connectivity index (χ4v) is 3.82. The molecule has 2 aromatic carbocycles. The summed E-state index contributed by atoms with van der Waals surface area (Å²) in [4.78, 5) is 4.75. The summed E-state index contributed by atoms with van der Waals surface area (Å²) in [5.41, 5.74) is 4.69. The van der Waals surface area contributed by atoms with E-state index in [-0.39, 0.29) is 6.79 Å². The largest absolute Gasteiger partial charge is 0.454 e. The van der Waals surface area contributed by atoms with E-state index in [2.05, 4.69) is 18.2 Å². The first kappa shape index (κ1) is 12.5. The van der Waals surface area contributed by atoms with Gasteiger partial charge in [-0.1, -0.05) is 0 Å². The third-order valence-corrected chi connectivity index (χ3v) is 4.99. The van der Waals surface area contributed by atoms with Crippen molar-refractivity contribution < 1.29 is 18.9 Å². The van der Waals surface area contributed by atoms with Gasteiger partial charge in [-0.2, -0.15) is 0 Å². The van der Waals surface area contributed by atoms with Crippen molar-refractivity contribution >= 4 is 10.8 Å². The van der Waals surface area contributed by atoms with E-state index in [1.807, 2.05) is 12.3 Å². The van der Waals surface area contributed by atoms with Crippen molar-refractivity contribution in [2.75, 3.05) is 13.6 Å². The first-order chi connectivity index (χ1) is 11.9. The van der Waals surface area contributed by atoms with Crippen molar-refractivity contribution in [3.63, 3.8) is 0 Å². The van der Waals surface area contributed by atoms with Crippen molar-refractivity contribution in [3.05, 3.63) is 41.6 Å². The maximum Gasteiger partial charge on any atom is 0.231 e. The number of rotatable bonds is 0. The monoisotopic (exact) mass is 319 g/mol. The van der Waals surface area contributed by atoms with Crippen LogP contribution in [-0.2, 0) is 12.8 Å². The summed E-state index contributed by atoms with van der Waals surface area (Å²) in [6.45, 7) is 0.577. The smallest absolute Gasteiger partial charge is 0.231 e. The third-order valence-electron chi connectivity index (χ3n) is 4.99. The summed E-state index contributed by atoms with van der Waals surface area (Å²) in [5.74, 6) is 3.24. The molecule has 0 fully saturated rings. The highest BCUT2D eigenvalue weighted by Gasteiger charge is 2.25. The summed E-state index contributed by atoms with van der Waals surface area (Å²) in [6, 6.07) is 8.24. The number of aromatic nitrogens is 1. The number of nitrogens with zero attached hydrogens (tertiary/aromatic N) is 1. The highest BCUT2D eigenvalue weighted by Crippen LogP contribution is 2.45. The zero-order valence-electron chi connectivity index (χ0n) is 12.8. The lowest BCUT2D eigenvalue weighted by atomic mass is 9.86. The lowest BCUT2D eigenvalue weighted by Crippen LogP contribution is -2.06. The third kappa shape index (κ3) is 1.56. The van der Waals surface area contributed by atoms with Gasteiger partial charge in [-0.15, -0.1) is 0 Å². The maximum absolute atomic E-state index is 5.55. The van der Waals surface area contributed by atoms with Crippen LogP contribution < -0.4 is 18.9 Å². The van der Waals surface area contributed by atoms with Gasteiger partial charge in [-0.25, -0.2) is 0 Å². The van der Waals surface area contributed by atoms with E-state index in [4.69, 9.17) is 23.9 Å². The number of hydrogen-bond acceptors (Lipinski definition) is 5. The van der Waals surface area contributed by atoms with Crippen LogP contribution in [0.3, 0.4) is 0 Å². The maximum atomic E-state index is 5.55. The molecule has 1 aromatic heterocycles. The van der Waals surface area contributed by atoms with E-state index in [0.717, 1.165) is 52.5 Å². The topological polar surface area (TPSA) is 49.8 Å². The van der Waals surface area contributed by atoms with E-state index >= 15 is 0 Å². The molecule has 24 heavy (non-hydrogen) atoms. The van der Waals surface area contributed by atoms with E-state index < -0.39 is 0 Å². The van der Waals surface area contributed by atoms with Gasteiger partial charge in [-0.3, -0.25) is 4.98 Å². The fraction of sp³-hybridized carbons (Fsp3) is 0.211. The van der Waals surface area contributed by atoms with Crippen molar-refractivity contribution in [3.8, 4) is 34.3 Å². The first-order valence-corrected chi connectivity index (χ1v) is 8.01. The minimum absolute atomic E-state index is 0.285. The molecule has 2 aliphatic heterocycles. The molecule has 3 aromatic rings. The van der Waals surface area contributed by atoms with Gasteiger partial charge in [0.2, 0.25) is 13.6 Å². The molecule has 0 saturated heterocycles. The molecular weight excluding hydrogens is 306 g/mol. The molecule has 6 rings (SSSR count). The normalized spacial score (nSPS) is 16.2. The number of benzene rings is 2. The van der Waals surface area contributed by atoms with Crippen molar-refractivity contribution in [2.45, 2.75) is 12.8 Å². The van der Waals surface area contributed by atoms with Gasteiger partial charge in [0.05, 0.1) is 5.69 Å². The van der Waals surface area contributed by atoms with Crippen molar-refractivity contribution in [2.24, 2.45) is 0 Å². The number of pyridine rings is 1. The molecule has 0 unspecified atom stereocenters. The summed E-state index contributed by atoms with van der Waals surface area (Å²) in [5, 5.41) is 2.27. The first-order valence-electron chi connectivity index (χ1n) is 8.01. The van der Waals surface area contributed by atoms with E-state index in [1.54, 1.807) is 0 Å². The summed E-state index contributed by atoms with van der Waals surface area (Å²) in [6.07, 6.45) is 3.83. The Balaban J connectivity index is 1.62. The van der Waals surface area contributed by atoms with Crippen molar-refractivity contribution in [1.29, 1.82) is 0 Å². The Morgan fingerprint density at radius 1 is 0.750 bits per heavy atom. The molecule has 0 bridgehead atoms. The van der Waals surface area contributed by atoms with E-state index in [9.17, 15) is 0 Å². The molecule has 0 spiro atoms. The predicted octanol–water partition coefficient (Wildman–Crippen LogP) is 3.46. The predicted molar refractivity (Wildman–Crippen MR) is 86.8 cm³/mol. The van der Waals surface area contributed by atoms with Gasteiger partial charge in [0.15, 0.2) is 23.0 Å². The number of aryl methyl sites for hydroxylation is 2. The lowest BCUT2D eigenvalue weighted by molar-refractivity contribution is 0.173. The number of fused-ring (bicyclic) bond motifs is 7. The molecule has 0 atom stereocenters. The molecule has 1 aliphatic carbocycles. The van der Waals surface area contributed by atoms with Crippen LogP contribution in [0.1, 0.15) is 11.1 Å². The van der Waals surface area contributed by atoms with E-state index in [0.29, 0.717) is 6.79 Å². The molecular formula is C19H13NO4. The van der Waals surface area contributed by atoms with Crippen LogP contribution in [0.15, 0.2) is 30.5 Å². The Bertz CT molecular complexity index is 1030. The lowest BCUT2D eigenvalue weighted by Gasteiger charge is -2.21. The minimum Gasteiger partial charge on any atom is -0.454 e. The molecule has 3 aliphatic rings. The average Bonchev–Trinajstić information content (AvgIpc) is 3.25. The molecule has 5 nitrogen and oxygen atoms in total. The Hall–Kier alpha value is -2.95. The van der Waals surface area contributed by atoms with Crippen LogP contribution in [0.2, 0.25) is 0 Å². The standard InChI is InChI=1S/C19H13NO4/c1-2-12-13-5-17-16(22-9-23-17)4-11(13)7-20-19(12)14-6-18-15(3-10(1)14)21-8-24-18/h3-7H,1-2,8-9H2. The van der Waals surface area contributed by atoms with Gasteiger partial charge < -0.3 is 18.9 Å². The molecule has 0 saturated carbocycles. The highest BCUT2D eigenvalue weighted by atomic mass is 16.7. The zero-order valence-corrected chi connectivity index (χ0v) is 12.8. The van der Waals surface area contributed by atoms with Crippen LogP contribution in [0.4, 0.5) is 0 Å². The quantitative estimate of drug-likeness (QED) is 0.635.